The first-order valence-corrected chi connectivity index (χ1v) is 10.0. The Labute approximate surface area is 195 Å². The van der Waals surface area contributed by atoms with Crippen molar-refractivity contribution in [3.8, 4) is 0 Å². The summed E-state index contributed by atoms with van der Waals surface area (Å²) in [6.07, 6.45) is 5.62. The van der Waals surface area contributed by atoms with Crippen molar-refractivity contribution < 1.29 is 19.6 Å². The van der Waals surface area contributed by atoms with Crippen LogP contribution in [-0.2, 0) is 16.1 Å². The van der Waals surface area contributed by atoms with Crippen molar-refractivity contribution in [1.82, 2.24) is 14.5 Å². The smallest absolute Gasteiger partial charge is 0.295 e. The van der Waals surface area contributed by atoms with Crippen molar-refractivity contribution in [2.45, 2.75) is 19.0 Å². The molecule has 1 N–H and O–H groups in total. The summed E-state index contributed by atoms with van der Waals surface area (Å²) < 4.78 is 1.85. The Balaban J connectivity index is 0.00000306. The lowest BCUT2D eigenvalue weighted by Gasteiger charge is -2.25. The molecule has 10 heteroatoms. The highest BCUT2D eigenvalue weighted by Gasteiger charge is 2.46. The first kappa shape index (κ1) is 23.7. The first-order valence-electron chi connectivity index (χ1n) is 10.0. The number of ketones is 1. The number of aliphatic hydroxyl groups excluding tert-OH is 1. The van der Waals surface area contributed by atoms with E-state index in [1.165, 1.54) is 23.1 Å². The van der Waals surface area contributed by atoms with E-state index in [9.17, 15) is 24.8 Å². The van der Waals surface area contributed by atoms with Crippen molar-refractivity contribution in [2.75, 3.05) is 6.54 Å². The van der Waals surface area contributed by atoms with E-state index in [1.54, 1.807) is 55.1 Å². The largest absolute Gasteiger partial charge is 0.507 e. The summed E-state index contributed by atoms with van der Waals surface area (Å²) in [5.41, 5.74) is 0.536. The lowest BCUT2D eigenvalue weighted by molar-refractivity contribution is -0.384. The second-order valence-electron chi connectivity index (χ2n) is 7.36. The molecule has 4 rings (SSSR count). The number of nitro benzene ring substituents is 1. The molecule has 2 aromatic carbocycles. The van der Waals surface area contributed by atoms with Crippen LogP contribution < -0.4 is 0 Å². The van der Waals surface area contributed by atoms with Gasteiger partial charge in [0.25, 0.3) is 17.4 Å². The fourth-order valence-corrected chi connectivity index (χ4v) is 3.86. The summed E-state index contributed by atoms with van der Waals surface area (Å²) in [5, 5.41) is 22.3. The summed E-state index contributed by atoms with van der Waals surface area (Å²) in [4.78, 5) is 42.0. The summed E-state index contributed by atoms with van der Waals surface area (Å²) in [5.74, 6) is -1.87. The molecule has 1 aliphatic rings. The molecule has 170 valence electrons. The molecule has 33 heavy (non-hydrogen) atoms. The molecule has 0 spiro atoms. The number of non-ortho nitro benzene ring substituents is 1. The second-order valence-corrected chi connectivity index (χ2v) is 7.36. The molecule has 2 heterocycles. The molecular formula is C23H21ClN4O5. The van der Waals surface area contributed by atoms with Gasteiger partial charge in [-0.25, -0.2) is 4.98 Å². The van der Waals surface area contributed by atoms with Crippen LogP contribution in [0.4, 0.5) is 5.69 Å². The predicted molar refractivity (Wildman–Crippen MR) is 123 cm³/mol. The zero-order valence-electron chi connectivity index (χ0n) is 17.4. The Morgan fingerprint density at radius 3 is 2.52 bits per heavy atom. The van der Waals surface area contributed by atoms with Crippen LogP contribution in [0.3, 0.4) is 0 Å². The van der Waals surface area contributed by atoms with Crippen molar-refractivity contribution in [3.05, 3.63) is 100 Å². The average Bonchev–Trinajstić information content (AvgIpc) is 3.41. The number of carbonyl (C=O) groups is 2. The number of nitrogens with zero attached hydrogens (tertiary/aromatic N) is 4. The van der Waals surface area contributed by atoms with Crippen LogP contribution in [0.5, 0.6) is 0 Å². The summed E-state index contributed by atoms with van der Waals surface area (Å²) in [6, 6.07) is 13.3. The molecule has 9 nitrogen and oxygen atoms in total. The topological polar surface area (TPSA) is 119 Å². The van der Waals surface area contributed by atoms with Crippen molar-refractivity contribution >= 4 is 35.5 Å². The SMILES string of the molecule is Cl.O=C1C(=O)N(CCCn2ccnc2)C(c2cccc([N+](=O)[O-])c2)/C1=C(\O)c1ccccc1. The summed E-state index contributed by atoms with van der Waals surface area (Å²) >= 11 is 0. The van der Waals surface area contributed by atoms with Crippen LogP contribution in [0, 0.1) is 10.1 Å². The lowest BCUT2D eigenvalue weighted by Crippen LogP contribution is -2.31. The van der Waals surface area contributed by atoms with Gasteiger partial charge in [-0.2, -0.15) is 0 Å². The number of carbonyl (C=O) groups excluding carboxylic acids is 2. The number of amides is 1. The van der Waals surface area contributed by atoms with Gasteiger partial charge >= 0.3 is 0 Å². The molecular weight excluding hydrogens is 448 g/mol. The van der Waals surface area contributed by atoms with Gasteiger partial charge in [-0.05, 0) is 12.0 Å². The molecule has 1 saturated heterocycles. The highest BCUT2D eigenvalue weighted by molar-refractivity contribution is 6.46. The van der Waals surface area contributed by atoms with E-state index < -0.39 is 22.7 Å². The molecule has 0 saturated carbocycles. The van der Waals surface area contributed by atoms with Crippen LogP contribution in [0.1, 0.15) is 23.6 Å². The number of aliphatic hydroxyl groups is 1. The van der Waals surface area contributed by atoms with Gasteiger partial charge in [0, 0.05) is 43.2 Å². The predicted octanol–water partition coefficient (Wildman–Crippen LogP) is 3.73. The van der Waals surface area contributed by atoms with Crippen LogP contribution in [-0.4, -0.2) is 42.7 Å². The van der Waals surface area contributed by atoms with E-state index in [-0.39, 0.29) is 36.0 Å². The van der Waals surface area contributed by atoms with Crippen molar-refractivity contribution in [2.24, 2.45) is 0 Å². The Morgan fingerprint density at radius 1 is 1.09 bits per heavy atom. The number of aryl methyl sites for hydroxylation is 1. The van der Waals surface area contributed by atoms with E-state index >= 15 is 0 Å². The zero-order valence-corrected chi connectivity index (χ0v) is 18.2. The number of hydrogen-bond donors (Lipinski definition) is 1. The number of rotatable bonds is 7. The molecule has 0 aliphatic carbocycles. The van der Waals surface area contributed by atoms with Gasteiger partial charge in [-0.1, -0.05) is 42.5 Å². The lowest BCUT2D eigenvalue weighted by atomic mass is 9.95. The molecule has 1 fully saturated rings. The monoisotopic (exact) mass is 468 g/mol. The van der Waals surface area contributed by atoms with E-state index in [1.807, 2.05) is 4.57 Å². The Morgan fingerprint density at radius 2 is 1.85 bits per heavy atom. The highest BCUT2D eigenvalue weighted by atomic mass is 35.5. The van der Waals surface area contributed by atoms with E-state index in [2.05, 4.69) is 4.98 Å². The average molecular weight is 469 g/mol. The van der Waals surface area contributed by atoms with E-state index in [0.29, 0.717) is 24.1 Å². The number of imidazole rings is 1. The third-order valence-corrected chi connectivity index (χ3v) is 5.36. The molecule has 1 aliphatic heterocycles. The number of benzene rings is 2. The van der Waals surface area contributed by atoms with Gasteiger partial charge in [-0.3, -0.25) is 19.7 Å². The first-order chi connectivity index (χ1) is 15.5. The van der Waals surface area contributed by atoms with Gasteiger partial charge in [-0.15, -0.1) is 12.4 Å². The van der Waals surface area contributed by atoms with E-state index in [0.717, 1.165) is 0 Å². The molecule has 1 unspecified atom stereocenters. The zero-order chi connectivity index (χ0) is 22.7. The number of aromatic nitrogens is 2. The Bertz CT molecular complexity index is 1190. The molecule has 1 atom stereocenters. The Kier molecular flexibility index (Phi) is 7.24. The van der Waals surface area contributed by atoms with Crippen LogP contribution in [0.25, 0.3) is 5.76 Å². The molecule has 3 aromatic rings. The van der Waals surface area contributed by atoms with Gasteiger partial charge < -0.3 is 14.6 Å². The van der Waals surface area contributed by atoms with Crippen LogP contribution in [0.2, 0.25) is 0 Å². The molecule has 1 amide bonds. The third-order valence-electron chi connectivity index (χ3n) is 5.36. The minimum absolute atomic E-state index is 0. The van der Waals surface area contributed by atoms with Gasteiger partial charge in [0.2, 0.25) is 0 Å². The number of halogens is 1. The van der Waals surface area contributed by atoms with Crippen LogP contribution in [0.15, 0.2) is 78.9 Å². The molecule has 0 radical (unpaired) electrons. The number of nitro groups is 1. The minimum Gasteiger partial charge on any atom is -0.507 e. The minimum atomic E-state index is -0.933. The van der Waals surface area contributed by atoms with Gasteiger partial charge in [0.15, 0.2) is 0 Å². The molecule has 1 aromatic heterocycles. The normalized spacial score (nSPS) is 17.1. The van der Waals surface area contributed by atoms with Crippen LogP contribution >= 0.6 is 12.4 Å². The summed E-state index contributed by atoms with van der Waals surface area (Å²) in [6.45, 7) is 0.797. The van der Waals surface area contributed by atoms with Gasteiger partial charge in [0.05, 0.1) is 22.9 Å². The van der Waals surface area contributed by atoms with Gasteiger partial charge in [0.1, 0.15) is 5.76 Å². The number of hydrogen-bond acceptors (Lipinski definition) is 6. The highest BCUT2D eigenvalue weighted by Crippen LogP contribution is 2.40. The number of likely N-dealkylation sites (tertiary alicyclic amines) is 1. The maximum Gasteiger partial charge on any atom is 0.295 e. The third kappa shape index (κ3) is 4.78. The van der Waals surface area contributed by atoms with Crippen molar-refractivity contribution in [3.63, 3.8) is 0 Å². The standard InChI is InChI=1S/C23H20N4O5.ClH/c28-21(16-6-2-1-3-7-16)19-20(17-8-4-9-18(14-17)27(31)32)26(23(30)22(19)29)12-5-11-25-13-10-24-15-25;/h1-4,6-10,13-15,20,28H,5,11-12H2;1H/b21-19+;. The quantitative estimate of drug-likeness (QED) is 0.185. The Hall–Kier alpha value is -3.98. The maximum atomic E-state index is 13.0. The van der Waals surface area contributed by atoms with E-state index in [4.69, 9.17) is 0 Å². The maximum absolute atomic E-state index is 13.0. The fourth-order valence-electron chi connectivity index (χ4n) is 3.86. The second kappa shape index (κ2) is 10.1. The van der Waals surface area contributed by atoms with Crippen molar-refractivity contribution in [1.29, 1.82) is 0 Å². The molecule has 0 bridgehead atoms. The summed E-state index contributed by atoms with van der Waals surface area (Å²) in [7, 11) is 0. The fraction of sp³-hybridized carbons (Fsp3) is 0.174. The number of Topliss-reactive ketones (excluding diaryl/α,β-unsaturated/α-hetero) is 1.